The monoisotopic (exact) mass is 317 g/mol. The normalized spacial score (nSPS) is 25.3. The molecule has 0 aliphatic heterocycles. The molecule has 2 N–H and O–H groups in total. The zero-order valence-corrected chi connectivity index (χ0v) is 11.9. The Morgan fingerprint density at radius 1 is 1.35 bits per heavy atom. The van der Waals surface area contributed by atoms with E-state index < -0.39 is 6.10 Å². The fourth-order valence-electron chi connectivity index (χ4n) is 2.13. The summed E-state index contributed by atoms with van der Waals surface area (Å²) in [5, 5.41) is 12.9. The largest absolute Gasteiger partial charge is 0.391 e. The highest BCUT2D eigenvalue weighted by Gasteiger charge is 2.23. The molecule has 2 rings (SSSR count). The van der Waals surface area contributed by atoms with Gasteiger partial charge in [0.25, 0.3) is 5.91 Å². The van der Waals surface area contributed by atoms with Crippen LogP contribution < -0.4 is 5.32 Å². The molecule has 0 saturated heterocycles. The lowest BCUT2D eigenvalue weighted by Crippen LogP contribution is -2.42. The first kappa shape index (κ1) is 13.1. The molecule has 1 aliphatic carbocycles. The topological polar surface area (TPSA) is 49.3 Å². The predicted octanol–water partition coefficient (Wildman–Crippen LogP) is 2.93. The standard InChI is InChI=1S/C12H16BrNO2S/c13-11-7-6-10(17-11)12(16)14-8-4-2-1-3-5-9(8)15/h6-9,15H,1-5H2,(H,14,16). The van der Waals surface area contributed by atoms with Crippen molar-refractivity contribution in [3.8, 4) is 0 Å². The molecule has 0 radical (unpaired) electrons. The number of hydrogen-bond acceptors (Lipinski definition) is 3. The smallest absolute Gasteiger partial charge is 0.261 e. The molecular formula is C12H16BrNO2S. The number of thiophene rings is 1. The van der Waals surface area contributed by atoms with E-state index in [1.807, 2.05) is 6.07 Å². The highest BCUT2D eigenvalue weighted by molar-refractivity contribution is 9.11. The van der Waals surface area contributed by atoms with Crippen molar-refractivity contribution in [2.45, 2.75) is 44.2 Å². The Labute approximate surface area is 113 Å². The van der Waals surface area contributed by atoms with Crippen LogP contribution in [0.5, 0.6) is 0 Å². The van der Waals surface area contributed by atoms with Crippen molar-refractivity contribution in [3.63, 3.8) is 0 Å². The van der Waals surface area contributed by atoms with Gasteiger partial charge in [-0.15, -0.1) is 11.3 Å². The van der Waals surface area contributed by atoms with Gasteiger partial charge in [0.2, 0.25) is 0 Å². The summed E-state index contributed by atoms with van der Waals surface area (Å²) in [4.78, 5) is 12.6. The van der Waals surface area contributed by atoms with Gasteiger partial charge in [-0.3, -0.25) is 4.79 Å². The molecule has 1 aromatic rings. The zero-order chi connectivity index (χ0) is 12.3. The Balaban J connectivity index is 1.97. The second-order valence-electron chi connectivity index (χ2n) is 4.39. The first-order valence-electron chi connectivity index (χ1n) is 5.91. The molecule has 94 valence electrons. The van der Waals surface area contributed by atoms with Crippen LogP contribution >= 0.6 is 27.3 Å². The van der Waals surface area contributed by atoms with Crippen molar-refractivity contribution < 1.29 is 9.90 Å². The van der Waals surface area contributed by atoms with Gasteiger partial charge in [-0.2, -0.15) is 0 Å². The average molecular weight is 318 g/mol. The van der Waals surface area contributed by atoms with E-state index in [9.17, 15) is 9.90 Å². The van der Waals surface area contributed by atoms with Crippen LogP contribution in [0.3, 0.4) is 0 Å². The van der Waals surface area contributed by atoms with Crippen molar-refractivity contribution in [1.29, 1.82) is 0 Å². The fourth-order valence-corrected chi connectivity index (χ4v) is 3.42. The quantitative estimate of drug-likeness (QED) is 0.824. The molecule has 0 spiro atoms. The lowest BCUT2D eigenvalue weighted by Gasteiger charge is -2.21. The van der Waals surface area contributed by atoms with Crippen LogP contribution in [0.2, 0.25) is 0 Å². The van der Waals surface area contributed by atoms with E-state index in [1.165, 1.54) is 11.3 Å². The minimum absolute atomic E-state index is 0.0772. The van der Waals surface area contributed by atoms with Gasteiger partial charge >= 0.3 is 0 Å². The lowest BCUT2D eigenvalue weighted by molar-refractivity contribution is 0.0822. The molecule has 5 heteroatoms. The fraction of sp³-hybridized carbons (Fsp3) is 0.583. The maximum absolute atomic E-state index is 12.0. The molecule has 1 saturated carbocycles. The first-order chi connectivity index (χ1) is 8.16. The second-order valence-corrected chi connectivity index (χ2v) is 6.85. The average Bonchev–Trinajstić information content (AvgIpc) is 2.63. The molecule has 1 amide bonds. The molecule has 0 aromatic carbocycles. The number of carbonyl (C=O) groups is 1. The van der Waals surface area contributed by atoms with Gasteiger partial charge in [0.15, 0.2) is 0 Å². The van der Waals surface area contributed by atoms with Crippen LogP contribution in [-0.4, -0.2) is 23.2 Å². The van der Waals surface area contributed by atoms with Crippen molar-refractivity contribution >= 4 is 33.2 Å². The third kappa shape index (κ3) is 3.53. The van der Waals surface area contributed by atoms with E-state index >= 15 is 0 Å². The van der Waals surface area contributed by atoms with Crippen LogP contribution in [0.4, 0.5) is 0 Å². The Hall–Kier alpha value is -0.390. The number of amides is 1. The highest BCUT2D eigenvalue weighted by atomic mass is 79.9. The Morgan fingerprint density at radius 3 is 2.82 bits per heavy atom. The van der Waals surface area contributed by atoms with Gasteiger partial charge in [0.05, 0.1) is 20.8 Å². The molecule has 1 fully saturated rings. The maximum Gasteiger partial charge on any atom is 0.261 e. The van der Waals surface area contributed by atoms with E-state index in [2.05, 4.69) is 21.2 Å². The summed E-state index contributed by atoms with van der Waals surface area (Å²) in [6.45, 7) is 0. The number of carbonyl (C=O) groups excluding carboxylic acids is 1. The van der Waals surface area contributed by atoms with Crippen molar-refractivity contribution in [3.05, 3.63) is 20.8 Å². The van der Waals surface area contributed by atoms with E-state index in [4.69, 9.17) is 0 Å². The molecule has 2 unspecified atom stereocenters. The molecule has 1 heterocycles. The van der Waals surface area contributed by atoms with E-state index in [0.717, 1.165) is 35.9 Å². The van der Waals surface area contributed by atoms with Crippen LogP contribution in [0.1, 0.15) is 41.8 Å². The van der Waals surface area contributed by atoms with Crippen molar-refractivity contribution in [2.75, 3.05) is 0 Å². The maximum atomic E-state index is 12.0. The van der Waals surface area contributed by atoms with Gasteiger partial charge in [0.1, 0.15) is 0 Å². The molecule has 1 aromatic heterocycles. The summed E-state index contributed by atoms with van der Waals surface area (Å²) in [5.41, 5.74) is 0. The lowest BCUT2D eigenvalue weighted by atomic mass is 10.1. The van der Waals surface area contributed by atoms with E-state index in [-0.39, 0.29) is 11.9 Å². The third-order valence-corrected chi connectivity index (χ3v) is 4.72. The second kappa shape index (κ2) is 5.98. The van der Waals surface area contributed by atoms with Gasteiger partial charge < -0.3 is 10.4 Å². The third-order valence-electron chi connectivity index (χ3n) is 3.09. The van der Waals surface area contributed by atoms with Gasteiger partial charge in [-0.1, -0.05) is 19.3 Å². The molecular weight excluding hydrogens is 302 g/mol. The van der Waals surface area contributed by atoms with Gasteiger partial charge in [-0.05, 0) is 40.9 Å². The van der Waals surface area contributed by atoms with Crippen LogP contribution in [0, 0.1) is 0 Å². The Morgan fingerprint density at radius 2 is 2.12 bits per heavy atom. The summed E-state index contributed by atoms with van der Waals surface area (Å²) < 4.78 is 0.948. The van der Waals surface area contributed by atoms with E-state index in [1.54, 1.807) is 6.07 Å². The van der Waals surface area contributed by atoms with Gasteiger partial charge in [0, 0.05) is 0 Å². The summed E-state index contributed by atoms with van der Waals surface area (Å²) in [7, 11) is 0. The number of nitrogens with one attached hydrogen (secondary N) is 1. The summed E-state index contributed by atoms with van der Waals surface area (Å²) in [5.74, 6) is -0.0772. The molecule has 17 heavy (non-hydrogen) atoms. The van der Waals surface area contributed by atoms with Crippen LogP contribution in [0.15, 0.2) is 15.9 Å². The van der Waals surface area contributed by atoms with Crippen LogP contribution in [0.25, 0.3) is 0 Å². The molecule has 0 bridgehead atoms. The highest BCUT2D eigenvalue weighted by Crippen LogP contribution is 2.23. The number of hydrogen-bond donors (Lipinski definition) is 2. The molecule has 3 nitrogen and oxygen atoms in total. The molecule has 2 atom stereocenters. The zero-order valence-electron chi connectivity index (χ0n) is 9.49. The minimum Gasteiger partial charge on any atom is -0.391 e. The van der Waals surface area contributed by atoms with Crippen molar-refractivity contribution in [1.82, 2.24) is 5.32 Å². The Kier molecular flexibility index (Phi) is 4.59. The summed E-state index contributed by atoms with van der Waals surface area (Å²) in [6.07, 6.45) is 4.55. The van der Waals surface area contributed by atoms with Gasteiger partial charge in [-0.25, -0.2) is 0 Å². The number of rotatable bonds is 2. The molecule has 1 aliphatic rings. The van der Waals surface area contributed by atoms with Crippen LogP contribution in [-0.2, 0) is 0 Å². The predicted molar refractivity (Wildman–Crippen MR) is 72.4 cm³/mol. The minimum atomic E-state index is -0.398. The number of halogens is 1. The number of aliphatic hydroxyl groups is 1. The van der Waals surface area contributed by atoms with E-state index in [0.29, 0.717) is 4.88 Å². The first-order valence-corrected chi connectivity index (χ1v) is 7.52. The SMILES string of the molecule is O=C(NC1CCCCCC1O)c1ccc(Br)s1. The summed E-state index contributed by atoms with van der Waals surface area (Å²) >= 11 is 4.75. The summed E-state index contributed by atoms with van der Waals surface area (Å²) in [6, 6.07) is 3.57. The number of aliphatic hydroxyl groups excluding tert-OH is 1. The van der Waals surface area contributed by atoms with Crippen molar-refractivity contribution in [2.24, 2.45) is 0 Å². The Bertz CT molecular complexity index is 394.